The van der Waals surface area contributed by atoms with Gasteiger partial charge in [-0.1, -0.05) is 0 Å². The molecule has 0 fully saturated rings. The number of pyridine rings is 1. The summed E-state index contributed by atoms with van der Waals surface area (Å²) >= 11 is 0. The molecule has 1 heterocycles. The molecule has 0 radical (unpaired) electrons. The maximum Gasteiger partial charge on any atom is 0.253 e. The Morgan fingerprint density at radius 1 is 1.50 bits per heavy atom. The van der Waals surface area contributed by atoms with Gasteiger partial charge in [0.25, 0.3) is 5.56 Å². The molecule has 0 aliphatic heterocycles. The van der Waals surface area contributed by atoms with E-state index in [4.69, 9.17) is 5.73 Å². The van der Waals surface area contributed by atoms with Crippen LogP contribution in [-0.2, 0) is 6.54 Å². The Morgan fingerprint density at radius 2 is 2.14 bits per heavy atom. The zero-order valence-electron chi connectivity index (χ0n) is 8.58. The maximum atomic E-state index is 11.5. The Bertz CT molecular complexity index is 382. The van der Waals surface area contributed by atoms with E-state index in [1.807, 2.05) is 6.92 Å². The first-order chi connectivity index (χ1) is 6.57. The minimum Gasteiger partial charge on any atom is -0.494 e. The van der Waals surface area contributed by atoms with Crippen molar-refractivity contribution in [2.24, 2.45) is 5.73 Å². The number of aromatic nitrogens is 1. The van der Waals surface area contributed by atoms with E-state index in [0.29, 0.717) is 19.5 Å². The number of hydrogen-bond acceptors (Lipinski definition) is 3. The van der Waals surface area contributed by atoms with Gasteiger partial charge in [-0.25, -0.2) is 0 Å². The Kier molecular flexibility index (Phi) is 3.30. The molecule has 0 aliphatic rings. The van der Waals surface area contributed by atoms with Crippen molar-refractivity contribution in [3.05, 3.63) is 27.5 Å². The van der Waals surface area contributed by atoms with Crippen molar-refractivity contribution in [2.45, 2.75) is 26.8 Å². The van der Waals surface area contributed by atoms with E-state index in [2.05, 4.69) is 0 Å². The van der Waals surface area contributed by atoms with Crippen LogP contribution < -0.4 is 11.3 Å². The summed E-state index contributed by atoms with van der Waals surface area (Å²) in [5.41, 5.74) is 6.75. The highest BCUT2D eigenvalue weighted by Gasteiger charge is 2.07. The van der Waals surface area contributed by atoms with Crippen molar-refractivity contribution in [1.29, 1.82) is 0 Å². The first-order valence-corrected chi connectivity index (χ1v) is 4.68. The monoisotopic (exact) mass is 196 g/mol. The van der Waals surface area contributed by atoms with Crippen LogP contribution in [0.1, 0.15) is 17.5 Å². The van der Waals surface area contributed by atoms with Crippen LogP contribution in [-0.4, -0.2) is 16.2 Å². The van der Waals surface area contributed by atoms with Crippen LogP contribution in [0, 0.1) is 13.8 Å². The van der Waals surface area contributed by atoms with Crippen LogP contribution in [0.2, 0.25) is 0 Å². The topological polar surface area (TPSA) is 68.2 Å². The molecule has 0 saturated heterocycles. The summed E-state index contributed by atoms with van der Waals surface area (Å²) in [6, 6.07) is 1.53. The van der Waals surface area contributed by atoms with Crippen molar-refractivity contribution >= 4 is 0 Å². The predicted molar refractivity (Wildman–Crippen MR) is 55.5 cm³/mol. The molecule has 0 amide bonds. The third kappa shape index (κ3) is 1.96. The molecular formula is C10H16N2O2. The summed E-state index contributed by atoms with van der Waals surface area (Å²) in [5.74, 6) is 0.0588. The van der Waals surface area contributed by atoms with Crippen LogP contribution in [0.5, 0.6) is 5.88 Å². The average Bonchev–Trinajstić information content (AvgIpc) is 2.14. The third-order valence-electron chi connectivity index (χ3n) is 2.37. The Morgan fingerprint density at radius 3 is 2.71 bits per heavy atom. The fraction of sp³-hybridized carbons (Fsp3) is 0.500. The number of aryl methyl sites for hydroxylation is 1. The summed E-state index contributed by atoms with van der Waals surface area (Å²) in [4.78, 5) is 11.5. The molecule has 4 nitrogen and oxygen atoms in total. The lowest BCUT2D eigenvalue weighted by Crippen LogP contribution is -2.22. The normalized spacial score (nSPS) is 10.5. The van der Waals surface area contributed by atoms with Crippen molar-refractivity contribution < 1.29 is 5.11 Å². The van der Waals surface area contributed by atoms with Crippen LogP contribution in [0.3, 0.4) is 0 Å². The lowest BCUT2D eigenvalue weighted by molar-refractivity contribution is 0.398. The minimum absolute atomic E-state index is 0.0588. The first kappa shape index (κ1) is 10.8. The van der Waals surface area contributed by atoms with Crippen LogP contribution in [0.15, 0.2) is 10.9 Å². The van der Waals surface area contributed by atoms with Gasteiger partial charge >= 0.3 is 0 Å². The lowest BCUT2D eigenvalue weighted by atomic mass is 10.1. The molecule has 14 heavy (non-hydrogen) atoms. The molecule has 1 aromatic rings. The van der Waals surface area contributed by atoms with Gasteiger partial charge in [-0.2, -0.15) is 0 Å². The van der Waals surface area contributed by atoms with Crippen molar-refractivity contribution in [3.63, 3.8) is 0 Å². The van der Waals surface area contributed by atoms with E-state index >= 15 is 0 Å². The molecule has 0 atom stereocenters. The van der Waals surface area contributed by atoms with Crippen molar-refractivity contribution in [2.75, 3.05) is 6.54 Å². The van der Waals surface area contributed by atoms with Gasteiger partial charge in [0, 0.05) is 18.2 Å². The largest absolute Gasteiger partial charge is 0.494 e. The lowest BCUT2D eigenvalue weighted by Gasteiger charge is -2.11. The number of rotatable bonds is 3. The number of aromatic hydroxyl groups is 1. The Balaban J connectivity index is 3.16. The summed E-state index contributed by atoms with van der Waals surface area (Å²) in [7, 11) is 0. The molecule has 0 aromatic carbocycles. The van der Waals surface area contributed by atoms with Gasteiger partial charge in [-0.05, 0) is 32.4 Å². The second kappa shape index (κ2) is 4.28. The van der Waals surface area contributed by atoms with Gasteiger partial charge in [0.2, 0.25) is 0 Å². The zero-order chi connectivity index (χ0) is 10.7. The summed E-state index contributed by atoms with van der Waals surface area (Å²) in [6.07, 6.45) is 0.690. The van der Waals surface area contributed by atoms with E-state index in [1.165, 1.54) is 10.6 Å². The standard InChI is InChI=1S/C10H16N2O2/c1-7-6-9(13)12(5-3-4-11)10(14)8(7)2/h6,14H,3-5,11H2,1-2H3. The molecule has 0 saturated carbocycles. The molecule has 1 rings (SSSR count). The van der Waals surface area contributed by atoms with Crippen LogP contribution in [0.25, 0.3) is 0 Å². The molecule has 0 aliphatic carbocycles. The van der Waals surface area contributed by atoms with Crippen LogP contribution in [0.4, 0.5) is 0 Å². The average molecular weight is 196 g/mol. The molecule has 0 unspecified atom stereocenters. The third-order valence-corrected chi connectivity index (χ3v) is 2.37. The molecule has 1 aromatic heterocycles. The molecule has 0 bridgehead atoms. The van der Waals surface area contributed by atoms with E-state index in [0.717, 1.165) is 11.1 Å². The number of nitrogens with zero attached hydrogens (tertiary/aromatic N) is 1. The SMILES string of the molecule is Cc1cc(=O)n(CCCN)c(O)c1C. The van der Waals surface area contributed by atoms with Crippen molar-refractivity contribution in [1.82, 2.24) is 4.57 Å². The van der Waals surface area contributed by atoms with Gasteiger partial charge in [-0.15, -0.1) is 0 Å². The highest BCUT2D eigenvalue weighted by Crippen LogP contribution is 2.16. The van der Waals surface area contributed by atoms with E-state index < -0.39 is 0 Å². The fourth-order valence-corrected chi connectivity index (χ4v) is 1.32. The minimum atomic E-state index is -0.168. The highest BCUT2D eigenvalue weighted by molar-refractivity contribution is 5.32. The zero-order valence-corrected chi connectivity index (χ0v) is 8.58. The smallest absolute Gasteiger partial charge is 0.253 e. The quantitative estimate of drug-likeness (QED) is 0.740. The van der Waals surface area contributed by atoms with Gasteiger partial charge in [0.1, 0.15) is 0 Å². The molecule has 4 heteroatoms. The summed E-state index contributed by atoms with van der Waals surface area (Å²) in [6.45, 7) is 4.59. The van der Waals surface area contributed by atoms with Gasteiger partial charge in [-0.3, -0.25) is 9.36 Å². The Hall–Kier alpha value is -1.29. The van der Waals surface area contributed by atoms with E-state index in [1.54, 1.807) is 6.92 Å². The van der Waals surface area contributed by atoms with Gasteiger partial charge in [0.15, 0.2) is 5.88 Å². The Labute approximate surface area is 83.0 Å². The fourth-order valence-electron chi connectivity index (χ4n) is 1.32. The van der Waals surface area contributed by atoms with E-state index in [9.17, 15) is 9.90 Å². The molecule has 3 N–H and O–H groups in total. The number of nitrogens with two attached hydrogens (primary N) is 1. The van der Waals surface area contributed by atoms with Gasteiger partial charge < -0.3 is 10.8 Å². The molecule has 0 spiro atoms. The number of hydrogen-bond donors (Lipinski definition) is 2. The summed E-state index contributed by atoms with van der Waals surface area (Å²) < 4.78 is 1.36. The predicted octanol–water partition coefficient (Wildman–Crippen LogP) is 0.520. The van der Waals surface area contributed by atoms with Crippen LogP contribution >= 0.6 is 0 Å². The molecule has 78 valence electrons. The van der Waals surface area contributed by atoms with Crippen molar-refractivity contribution in [3.8, 4) is 5.88 Å². The maximum absolute atomic E-state index is 11.5. The summed E-state index contributed by atoms with van der Waals surface area (Å²) in [5, 5.41) is 9.71. The highest BCUT2D eigenvalue weighted by atomic mass is 16.3. The second-order valence-electron chi connectivity index (χ2n) is 3.41. The first-order valence-electron chi connectivity index (χ1n) is 4.68. The molecular weight excluding hydrogens is 180 g/mol. The van der Waals surface area contributed by atoms with E-state index in [-0.39, 0.29) is 11.4 Å². The second-order valence-corrected chi connectivity index (χ2v) is 3.41. The van der Waals surface area contributed by atoms with Gasteiger partial charge in [0.05, 0.1) is 0 Å².